The van der Waals surface area contributed by atoms with Crippen LogP contribution in [0.5, 0.6) is 0 Å². The summed E-state index contributed by atoms with van der Waals surface area (Å²) in [6.07, 6.45) is 3.59. The summed E-state index contributed by atoms with van der Waals surface area (Å²) < 4.78 is 7.51. The highest BCUT2D eigenvalue weighted by molar-refractivity contribution is 5.98. The van der Waals surface area contributed by atoms with E-state index in [1.807, 2.05) is 25.1 Å². The molecule has 0 radical (unpaired) electrons. The summed E-state index contributed by atoms with van der Waals surface area (Å²) in [4.78, 5) is 26.5. The van der Waals surface area contributed by atoms with Crippen molar-refractivity contribution in [1.82, 2.24) is 19.4 Å². The second kappa shape index (κ2) is 8.26. The minimum atomic E-state index is -0.169. The van der Waals surface area contributed by atoms with Crippen LogP contribution in [0.15, 0.2) is 35.0 Å². The smallest absolute Gasteiger partial charge is 0.258 e. The quantitative estimate of drug-likeness (QED) is 0.645. The first kappa shape index (κ1) is 20.7. The third-order valence-electron chi connectivity index (χ3n) is 5.50. The number of carbonyl (C=O) groups is 1. The Morgan fingerprint density at radius 3 is 2.42 bits per heavy atom. The Morgan fingerprint density at radius 1 is 1.13 bits per heavy atom. The zero-order chi connectivity index (χ0) is 22.1. The summed E-state index contributed by atoms with van der Waals surface area (Å²) in [6, 6.07) is 7.84. The Kier molecular flexibility index (Phi) is 5.51. The molecule has 0 atom stereocenters. The largest absolute Gasteiger partial charge is 0.443 e. The third-order valence-corrected chi connectivity index (χ3v) is 5.50. The lowest BCUT2D eigenvalue weighted by Gasteiger charge is -2.35. The van der Waals surface area contributed by atoms with Crippen molar-refractivity contribution in [2.24, 2.45) is 0 Å². The minimum absolute atomic E-state index is 0.169. The molecule has 0 saturated carbocycles. The van der Waals surface area contributed by atoms with Gasteiger partial charge in [0, 0.05) is 56.3 Å². The zero-order valence-corrected chi connectivity index (χ0v) is 18.3. The van der Waals surface area contributed by atoms with E-state index in [1.165, 1.54) is 0 Å². The van der Waals surface area contributed by atoms with Gasteiger partial charge < -0.3 is 14.2 Å². The van der Waals surface area contributed by atoms with E-state index < -0.39 is 0 Å². The van der Waals surface area contributed by atoms with Crippen molar-refractivity contribution in [2.45, 2.75) is 33.6 Å². The van der Waals surface area contributed by atoms with Crippen molar-refractivity contribution in [1.29, 1.82) is 5.26 Å². The van der Waals surface area contributed by atoms with Gasteiger partial charge in [-0.2, -0.15) is 5.26 Å². The van der Waals surface area contributed by atoms with Crippen LogP contribution in [0.3, 0.4) is 0 Å². The van der Waals surface area contributed by atoms with Gasteiger partial charge in [0.15, 0.2) is 0 Å². The maximum atomic E-state index is 13.3. The van der Waals surface area contributed by atoms with Crippen LogP contribution in [-0.2, 0) is 0 Å². The SMILES string of the molecule is Cc1cc(N2CCN(C(=O)c3c(C)oc(-n4cccc4)c3C#N)CC2)nc(C(C)C)n1. The van der Waals surface area contributed by atoms with Crippen LogP contribution in [-0.4, -0.2) is 51.5 Å². The zero-order valence-electron chi connectivity index (χ0n) is 18.3. The van der Waals surface area contributed by atoms with Gasteiger partial charge >= 0.3 is 0 Å². The van der Waals surface area contributed by atoms with Crippen molar-refractivity contribution in [2.75, 3.05) is 31.1 Å². The van der Waals surface area contributed by atoms with E-state index in [-0.39, 0.29) is 17.4 Å². The highest BCUT2D eigenvalue weighted by Gasteiger charge is 2.30. The molecule has 4 rings (SSSR count). The van der Waals surface area contributed by atoms with Crippen LogP contribution in [0.4, 0.5) is 5.82 Å². The Bertz CT molecular complexity index is 1130. The van der Waals surface area contributed by atoms with Gasteiger partial charge in [-0.1, -0.05) is 13.8 Å². The second-order valence-corrected chi connectivity index (χ2v) is 8.08. The van der Waals surface area contributed by atoms with E-state index in [2.05, 4.69) is 29.8 Å². The standard InChI is InChI=1S/C23H26N6O2/c1-15(2)21-25-16(3)13-19(26-21)27-9-11-28(12-10-27)22(30)20-17(4)31-23(18(20)14-24)29-7-5-6-8-29/h5-8,13,15H,9-12H2,1-4H3. The van der Waals surface area contributed by atoms with Crippen LogP contribution >= 0.6 is 0 Å². The molecular formula is C23H26N6O2. The van der Waals surface area contributed by atoms with E-state index in [0.29, 0.717) is 43.4 Å². The first-order valence-electron chi connectivity index (χ1n) is 10.5. The summed E-state index contributed by atoms with van der Waals surface area (Å²) in [5.74, 6) is 2.65. The van der Waals surface area contributed by atoms with Gasteiger partial charge in [-0.05, 0) is 26.0 Å². The first-order chi connectivity index (χ1) is 14.9. The van der Waals surface area contributed by atoms with Crippen molar-refractivity contribution in [3.63, 3.8) is 0 Å². The molecule has 1 saturated heterocycles. The molecule has 0 spiro atoms. The maximum absolute atomic E-state index is 13.3. The number of nitrogens with zero attached hydrogens (tertiary/aromatic N) is 6. The van der Waals surface area contributed by atoms with Gasteiger partial charge in [0.1, 0.15) is 34.6 Å². The van der Waals surface area contributed by atoms with Gasteiger partial charge in [0.2, 0.25) is 5.88 Å². The fourth-order valence-corrected chi connectivity index (χ4v) is 3.83. The number of rotatable bonds is 4. The van der Waals surface area contributed by atoms with Crippen LogP contribution < -0.4 is 4.90 Å². The summed E-state index contributed by atoms with van der Waals surface area (Å²) in [7, 11) is 0. The van der Waals surface area contributed by atoms with Gasteiger partial charge in [-0.25, -0.2) is 9.97 Å². The van der Waals surface area contributed by atoms with Gasteiger partial charge in [-0.3, -0.25) is 9.36 Å². The number of anilines is 1. The van der Waals surface area contributed by atoms with Crippen molar-refractivity contribution < 1.29 is 9.21 Å². The summed E-state index contributed by atoms with van der Waals surface area (Å²) >= 11 is 0. The molecule has 0 N–H and O–H groups in total. The molecule has 1 fully saturated rings. The Hall–Kier alpha value is -3.60. The van der Waals surface area contributed by atoms with Crippen molar-refractivity contribution in [3.8, 4) is 12.0 Å². The lowest BCUT2D eigenvalue weighted by Crippen LogP contribution is -2.49. The first-order valence-corrected chi connectivity index (χ1v) is 10.5. The van der Waals surface area contributed by atoms with E-state index in [0.717, 1.165) is 17.3 Å². The fourth-order valence-electron chi connectivity index (χ4n) is 3.83. The number of nitriles is 1. The average Bonchev–Trinajstić information content (AvgIpc) is 3.40. The number of carbonyl (C=O) groups excluding carboxylic acids is 1. The molecule has 0 unspecified atom stereocenters. The normalized spacial score (nSPS) is 14.2. The molecule has 3 aromatic heterocycles. The van der Waals surface area contributed by atoms with Crippen molar-refractivity contribution in [3.05, 3.63) is 59.0 Å². The topological polar surface area (TPSA) is 91.2 Å². The molecule has 1 aliphatic heterocycles. The molecule has 1 aliphatic rings. The van der Waals surface area contributed by atoms with Crippen LogP contribution in [0, 0.1) is 25.2 Å². The average molecular weight is 419 g/mol. The fraction of sp³-hybridized carbons (Fsp3) is 0.391. The predicted molar refractivity (Wildman–Crippen MR) is 116 cm³/mol. The second-order valence-electron chi connectivity index (χ2n) is 8.08. The summed E-state index contributed by atoms with van der Waals surface area (Å²) in [6.45, 7) is 10.3. The monoisotopic (exact) mass is 418 g/mol. The molecule has 0 aromatic carbocycles. The molecule has 0 bridgehead atoms. The lowest BCUT2D eigenvalue weighted by molar-refractivity contribution is 0.0744. The molecule has 31 heavy (non-hydrogen) atoms. The molecule has 8 nitrogen and oxygen atoms in total. The summed E-state index contributed by atoms with van der Waals surface area (Å²) in [5, 5.41) is 9.73. The molecule has 1 amide bonds. The number of aryl methyl sites for hydroxylation is 2. The number of piperazine rings is 1. The van der Waals surface area contributed by atoms with Gasteiger partial charge in [-0.15, -0.1) is 0 Å². The van der Waals surface area contributed by atoms with E-state index >= 15 is 0 Å². The van der Waals surface area contributed by atoms with E-state index in [1.54, 1.807) is 28.8 Å². The van der Waals surface area contributed by atoms with E-state index in [9.17, 15) is 10.1 Å². The number of furan rings is 1. The third kappa shape index (κ3) is 3.91. The molecule has 3 aromatic rings. The highest BCUT2D eigenvalue weighted by Crippen LogP contribution is 2.27. The van der Waals surface area contributed by atoms with Crippen LogP contribution in [0.25, 0.3) is 5.88 Å². The highest BCUT2D eigenvalue weighted by atomic mass is 16.4. The lowest BCUT2D eigenvalue weighted by atomic mass is 10.1. The molecule has 4 heterocycles. The molecule has 0 aliphatic carbocycles. The van der Waals surface area contributed by atoms with Gasteiger partial charge in [0.25, 0.3) is 5.91 Å². The van der Waals surface area contributed by atoms with Crippen molar-refractivity contribution >= 4 is 11.7 Å². The Balaban J connectivity index is 1.53. The number of hydrogen-bond donors (Lipinski definition) is 0. The Labute approximate surface area is 181 Å². The number of aromatic nitrogens is 3. The molecular weight excluding hydrogens is 392 g/mol. The summed E-state index contributed by atoms with van der Waals surface area (Å²) in [5.41, 5.74) is 1.56. The Morgan fingerprint density at radius 2 is 1.81 bits per heavy atom. The maximum Gasteiger partial charge on any atom is 0.258 e. The van der Waals surface area contributed by atoms with Gasteiger partial charge in [0.05, 0.1) is 0 Å². The molecule has 160 valence electrons. The predicted octanol–water partition coefficient (Wildman–Crippen LogP) is 3.43. The minimum Gasteiger partial charge on any atom is -0.443 e. The molecule has 8 heteroatoms. The number of hydrogen-bond acceptors (Lipinski definition) is 6. The van der Waals surface area contributed by atoms with Crippen LogP contribution in [0.2, 0.25) is 0 Å². The van der Waals surface area contributed by atoms with Crippen LogP contribution in [0.1, 0.15) is 53.0 Å². The van der Waals surface area contributed by atoms with E-state index in [4.69, 9.17) is 9.40 Å². The number of amides is 1.